The SMILES string of the molecule is C=C(c1nc(C)c(C(C)(C(=C)O/C=C(\CC)CCC(F)(P)C(=O)O)C(=O)CC)c(N)n1)c1ccc(F)cc1C.CC. The number of ketones is 1. The summed E-state index contributed by atoms with van der Waals surface area (Å²) in [6, 6.07) is 4.30. The van der Waals surface area contributed by atoms with Crippen molar-refractivity contribution in [2.24, 2.45) is 0 Å². The summed E-state index contributed by atoms with van der Waals surface area (Å²) in [7, 11) is 1.71. The highest BCUT2D eigenvalue weighted by Gasteiger charge is 2.42. The Labute approximate surface area is 244 Å². The van der Waals surface area contributed by atoms with E-state index < -0.39 is 16.8 Å². The standard InChI is InChI=1S/C29H36F2N3O4P.C2H6/c1-8-20(12-13-29(31,39)27(36)37)15-38-19(6)28(7,23(35)9-2)24-18(5)33-26(34-25(24)32)17(4)22-11-10-21(30)14-16(22)3;1-2/h10-11,14-15H,4,6,8-9,12-13,39H2,1-3,5,7H3,(H,36,37)(H2,32,33,34);1-2H3/b20-15+;. The first-order valence-electron chi connectivity index (χ1n) is 13.5. The Morgan fingerprint density at radius 3 is 2.27 bits per heavy atom. The van der Waals surface area contributed by atoms with Crippen molar-refractivity contribution in [3.05, 3.63) is 83.0 Å². The van der Waals surface area contributed by atoms with Crippen molar-refractivity contribution in [3.8, 4) is 0 Å². The van der Waals surface area contributed by atoms with E-state index in [0.717, 1.165) is 0 Å². The lowest BCUT2D eigenvalue weighted by molar-refractivity contribution is -0.145. The van der Waals surface area contributed by atoms with E-state index in [1.807, 2.05) is 20.8 Å². The molecule has 7 nitrogen and oxygen atoms in total. The van der Waals surface area contributed by atoms with E-state index in [-0.39, 0.29) is 48.3 Å². The second kappa shape index (κ2) is 15.0. The molecule has 2 aromatic rings. The maximum atomic E-state index is 14.2. The van der Waals surface area contributed by atoms with E-state index in [1.165, 1.54) is 18.4 Å². The lowest BCUT2D eigenvalue weighted by atomic mass is 9.75. The molecule has 0 fully saturated rings. The second-order valence-electron chi connectivity index (χ2n) is 9.57. The molecule has 2 rings (SSSR count). The van der Waals surface area contributed by atoms with Gasteiger partial charge < -0.3 is 15.6 Å². The largest absolute Gasteiger partial charge is 0.479 e. The topological polar surface area (TPSA) is 115 Å². The van der Waals surface area contributed by atoms with Crippen LogP contribution in [0.25, 0.3) is 5.57 Å². The van der Waals surface area contributed by atoms with E-state index in [4.69, 9.17) is 15.6 Å². The van der Waals surface area contributed by atoms with Gasteiger partial charge in [-0.2, -0.15) is 0 Å². The molecule has 10 heteroatoms. The molecule has 1 aromatic carbocycles. The van der Waals surface area contributed by atoms with Crippen LogP contribution in [-0.2, 0) is 19.7 Å². The van der Waals surface area contributed by atoms with Gasteiger partial charge in [0.15, 0.2) is 11.6 Å². The number of aromatic nitrogens is 2. The zero-order chi connectivity index (χ0) is 31.7. The molecule has 1 heterocycles. The Balaban J connectivity index is 0.00000411. The third-order valence-electron chi connectivity index (χ3n) is 6.83. The fourth-order valence-electron chi connectivity index (χ4n) is 4.26. The van der Waals surface area contributed by atoms with Crippen LogP contribution in [0.3, 0.4) is 0 Å². The van der Waals surface area contributed by atoms with Crippen molar-refractivity contribution in [2.45, 2.75) is 85.0 Å². The monoisotopic (exact) mass is 589 g/mol. The number of ether oxygens (including phenoxy) is 1. The number of halogens is 2. The van der Waals surface area contributed by atoms with Gasteiger partial charge in [-0.3, -0.25) is 4.79 Å². The van der Waals surface area contributed by atoms with Crippen molar-refractivity contribution in [1.29, 1.82) is 0 Å². The van der Waals surface area contributed by atoms with Crippen LogP contribution in [0.15, 0.2) is 49.0 Å². The van der Waals surface area contributed by atoms with Crippen molar-refractivity contribution in [3.63, 3.8) is 0 Å². The number of rotatable bonds is 13. The lowest BCUT2D eigenvalue weighted by Crippen LogP contribution is -2.37. The number of benzene rings is 1. The summed E-state index contributed by atoms with van der Waals surface area (Å²) in [5, 5.41) is 6.56. The first kappa shape index (κ1) is 35.6. The third kappa shape index (κ3) is 8.29. The molecule has 0 aliphatic heterocycles. The van der Waals surface area contributed by atoms with E-state index in [9.17, 15) is 18.4 Å². The molecule has 0 radical (unpaired) electrons. The van der Waals surface area contributed by atoms with Crippen molar-refractivity contribution >= 4 is 32.4 Å². The Hall–Kier alpha value is -3.45. The number of alkyl halides is 1. The number of anilines is 1. The molecular formula is C31H42F2N3O4P. The summed E-state index contributed by atoms with van der Waals surface area (Å²) < 4.78 is 33.6. The highest BCUT2D eigenvalue weighted by Crippen LogP contribution is 2.39. The Morgan fingerprint density at radius 2 is 1.78 bits per heavy atom. The summed E-state index contributed by atoms with van der Waals surface area (Å²) in [6.07, 6.45) is 1.83. The van der Waals surface area contributed by atoms with Crippen molar-refractivity contribution in [1.82, 2.24) is 9.97 Å². The number of Topliss-reactive ketones (excluding diaryl/α,β-unsaturated/α-hetero) is 1. The molecule has 0 aliphatic carbocycles. The maximum absolute atomic E-state index is 14.2. The van der Waals surface area contributed by atoms with Gasteiger partial charge in [-0.15, -0.1) is 0 Å². The molecule has 0 spiro atoms. The van der Waals surface area contributed by atoms with Crippen LogP contribution in [0.4, 0.5) is 14.6 Å². The Kier molecular flexibility index (Phi) is 13.0. The molecule has 224 valence electrons. The summed E-state index contributed by atoms with van der Waals surface area (Å²) in [5.74, 6) is -1.84. The number of aryl methyl sites for hydroxylation is 2. The van der Waals surface area contributed by atoms with Crippen LogP contribution in [0.1, 0.15) is 88.5 Å². The quantitative estimate of drug-likeness (QED) is 0.185. The van der Waals surface area contributed by atoms with E-state index in [1.54, 1.807) is 43.0 Å². The second-order valence-corrected chi connectivity index (χ2v) is 10.5. The minimum atomic E-state index is -2.46. The van der Waals surface area contributed by atoms with Gasteiger partial charge in [-0.25, -0.2) is 23.5 Å². The number of aliphatic carboxylic acids is 1. The highest BCUT2D eigenvalue weighted by atomic mass is 31.0. The number of allylic oxidation sites excluding steroid dienone is 2. The maximum Gasteiger partial charge on any atom is 0.345 e. The van der Waals surface area contributed by atoms with E-state index >= 15 is 0 Å². The molecule has 0 amide bonds. The average molecular weight is 590 g/mol. The number of carboxylic acids is 1. The number of hydrogen-bond donors (Lipinski definition) is 2. The van der Waals surface area contributed by atoms with Crippen molar-refractivity contribution < 1.29 is 28.2 Å². The zero-order valence-electron chi connectivity index (χ0n) is 25.0. The molecule has 3 atom stereocenters. The molecule has 0 bridgehead atoms. The summed E-state index contributed by atoms with van der Waals surface area (Å²) >= 11 is 0. The van der Waals surface area contributed by atoms with Gasteiger partial charge in [-0.05, 0) is 68.9 Å². The third-order valence-corrected chi connectivity index (χ3v) is 7.36. The molecule has 3 N–H and O–H groups in total. The van der Waals surface area contributed by atoms with Gasteiger partial charge in [0.25, 0.3) is 0 Å². The average Bonchev–Trinajstić information content (AvgIpc) is 2.92. The van der Waals surface area contributed by atoms with Gasteiger partial charge in [-0.1, -0.05) is 56.2 Å². The van der Waals surface area contributed by atoms with Crippen LogP contribution in [0.2, 0.25) is 0 Å². The molecule has 1 aromatic heterocycles. The predicted molar refractivity (Wildman–Crippen MR) is 163 cm³/mol. The van der Waals surface area contributed by atoms with E-state index in [2.05, 4.69) is 23.1 Å². The van der Waals surface area contributed by atoms with Crippen LogP contribution < -0.4 is 5.73 Å². The summed E-state index contributed by atoms with van der Waals surface area (Å²) in [6.45, 7) is 20.7. The minimum Gasteiger partial charge on any atom is -0.479 e. The van der Waals surface area contributed by atoms with Gasteiger partial charge in [0.2, 0.25) is 5.41 Å². The summed E-state index contributed by atoms with van der Waals surface area (Å²) in [5.41, 5.74) is 8.13. The number of carboxylic acid groups (broad SMARTS) is 1. The van der Waals surface area contributed by atoms with Gasteiger partial charge in [0, 0.05) is 23.3 Å². The summed E-state index contributed by atoms with van der Waals surface area (Å²) in [4.78, 5) is 33.4. The number of nitrogens with two attached hydrogens (primary N) is 1. The number of nitrogen functional groups attached to an aromatic ring is 1. The molecule has 0 aliphatic rings. The predicted octanol–water partition coefficient (Wildman–Crippen LogP) is 7.37. The molecule has 3 unspecified atom stereocenters. The van der Waals surface area contributed by atoms with Crippen molar-refractivity contribution in [2.75, 3.05) is 5.73 Å². The van der Waals surface area contributed by atoms with Crippen LogP contribution in [0, 0.1) is 19.7 Å². The number of carbonyl (C=O) groups is 2. The van der Waals surface area contributed by atoms with Gasteiger partial charge in [0.1, 0.15) is 22.8 Å². The molecule has 0 saturated carbocycles. The minimum absolute atomic E-state index is 0.0406. The lowest BCUT2D eigenvalue weighted by Gasteiger charge is -2.31. The molecular weight excluding hydrogens is 547 g/mol. The first-order chi connectivity index (χ1) is 19.1. The normalized spacial score (nSPS) is 14.1. The highest BCUT2D eigenvalue weighted by molar-refractivity contribution is 7.20. The smallest absolute Gasteiger partial charge is 0.345 e. The number of carbonyl (C=O) groups excluding carboxylic acids is 1. The fourth-order valence-corrected chi connectivity index (χ4v) is 4.41. The Morgan fingerprint density at radius 1 is 1.17 bits per heavy atom. The van der Waals surface area contributed by atoms with Gasteiger partial charge >= 0.3 is 5.97 Å². The first-order valence-corrected chi connectivity index (χ1v) is 14.1. The van der Waals surface area contributed by atoms with Gasteiger partial charge in [0.05, 0.1) is 6.26 Å². The number of nitrogens with zero attached hydrogens (tertiary/aromatic N) is 2. The van der Waals surface area contributed by atoms with Crippen LogP contribution >= 0.6 is 9.24 Å². The van der Waals surface area contributed by atoms with Crippen LogP contribution in [-0.4, -0.2) is 32.2 Å². The number of hydrogen-bond acceptors (Lipinski definition) is 6. The van der Waals surface area contributed by atoms with E-state index in [0.29, 0.717) is 40.0 Å². The fraction of sp³-hybridized carbons (Fsp3) is 0.419. The molecule has 0 saturated heterocycles. The zero-order valence-corrected chi connectivity index (χ0v) is 26.2. The Bertz CT molecular complexity index is 1320. The van der Waals surface area contributed by atoms with Crippen LogP contribution in [0.5, 0.6) is 0 Å². The molecule has 41 heavy (non-hydrogen) atoms.